The van der Waals surface area contributed by atoms with Gasteiger partial charge in [0, 0.05) is 9.92 Å². The summed E-state index contributed by atoms with van der Waals surface area (Å²) in [6, 6.07) is 5.62. The quantitative estimate of drug-likeness (QED) is 0.660. The Labute approximate surface area is 75.7 Å². The van der Waals surface area contributed by atoms with E-state index in [4.69, 9.17) is 16.3 Å². The van der Waals surface area contributed by atoms with Crippen molar-refractivity contribution in [2.24, 2.45) is 0 Å². The van der Waals surface area contributed by atoms with Gasteiger partial charge in [-0.1, -0.05) is 11.6 Å². The Morgan fingerprint density at radius 2 is 2.18 bits per heavy atom. The molecule has 1 nitrogen and oxygen atoms in total. The van der Waals surface area contributed by atoms with Crippen LogP contribution in [0.3, 0.4) is 0 Å². The Balaban J connectivity index is 3.06. The van der Waals surface area contributed by atoms with Gasteiger partial charge in [-0.15, -0.1) is 11.8 Å². The lowest BCUT2D eigenvalue weighted by molar-refractivity contribution is 0.405. The first-order chi connectivity index (χ1) is 5.27. The standard InChI is InChI=1S/C8H9ClOS/c1-10-7-5-6(9)3-4-8(7)11-2/h3-5H,1-2H3. The molecular formula is C8H9ClOS. The van der Waals surface area contributed by atoms with Crippen molar-refractivity contribution in [3.63, 3.8) is 0 Å². The highest BCUT2D eigenvalue weighted by molar-refractivity contribution is 7.98. The van der Waals surface area contributed by atoms with Crippen LogP contribution in [-0.4, -0.2) is 13.4 Å². The van der Waals surface area contributed by atoms with Crippen LogP contribution in [0.15, 0.2) is 23.1 Å². The highest BCUT2D eigenvalue weighted by atomic mass is 35.5. The van der Waals surface area contributed by atoms with Gasteiger partial charge in [-0.3, -0.25) is 0 Å². The van der Waals surface area contributed by atoms with Gasteiger partial charge < -0.3 is 4.74 Å². The lowest BCUT2D eigenvalue weighted by Crippen LogP contribution is -1.84. The Kier molecular flexibility index (Phi) is 3.09. The molecule has 0 aliphatic heterocycles. The average molecular weight is 189 g/mol. The zero-order valence-electron chi connectivity index (χ0n) is 6.43. The van der Waals surface area contributed by atoms with Crippen LogP contribution >= 0.6 is 23.4 Å². The summed E-state index contributed by atoms with van der Waals surface area (Å²) in [5.41, 5.74) is 0. The van der Waals surface area contributed by atoms with E-state index in [1.807, 2.05) is 24.5 Å². The van der Waals surface area contributed by atoms with Crippen LogP contribution in [0.2, 0.25) is 5.02 Å². The number of benzene rings is 1. The second kappa shape index (κ2) is 3.88. The molecule has 0 bridgehead atoms. The van der Waals surface area contributed by atoms with E-state index in [0.717, 1.165) is 10.6 Å². The molecule has 0 unspecified atom stereocenters. The van der Waals surface area contributed by atoms with Gasteiger partial charge in [0.1, 0.15) is 5.75 Å². The van der Waals surface area contributed by atoms with Crippen molar-refractivity contribution in [3.05, 3.63) is 23.2 Å². The number of hydrogen-bond donors (Lipinski definition) is 0. The number of rotatable bonds is 2. The first kappa shape index (κ1) is 8.75. The Morgan fingerprint density at radius 1 is 1.45 bits per heavy atom. The average Bonchev–Trinajstić information content (AvgIpc) is 2.04. The highest BCUT2D eigenvalue weighted by Crippen LogP contribution is 2.29. The third kappa shape index (κ3) is 2.04. The first-order valence-electron chi connectivity index (χ1n) is 3.15. The molecule has 0 amide bonds. The molecule has 1 aromatic rings. The molecule has 0 spiro atoms. The van der Waals surface area contributed by atoms with Crippen LogP contribution in [-0.2, 0) is 0 Å². The van der Waals surface area contributed by atoms with E-state index >= 15 is 0 Å². The van der Waals surface area contributed by atoms with Crippen LogP contribution in [0, 0.1) is 0 Å². The summed E-state index contributed by atoms with van der Waals surface area (Å²) in [4.78, 5) is 1.11. The van der Waals surface area contributed by atoms with Crippen LogP contribution < -0.4 is 4.74 Å². The van der Waals surface area contributed by atoms with Crippen LogP contribution in [0.5, 0.6) is 5.75 Å². The van der Waals surface area contributed by atoms with Crippen molar-refractivity contribution in [1.29, 1.82) is 0 Å². The molecule has 3 heteroatoms. The maximum atomic E-state index is 5.76. The van der Waals surface area contributed by atoms with Crippen molar-refractivity contribution in [3.8, 4) is 5.75 Å². The predicted molar refractivity (Wildman–Crippen MR) is 49.8 cm³/mol. The fourth-order valence-electron chi connectivity index (χ4n) is 0.810. The van der Waals surface area contributed by atoms with E-state index in [0.29, 0.717) is 5.02 Å². The van der Waals surface area contributed by atoms with E-state index in [2.05, 4.69) is 0 Å². The lowest BCUT2D eigenvalue weighted by Gasteiger charge is -2.04. The van der Waals surface area contributed by atoms with Crippen molar-refractivity contribution in [2.75, 3.05) is 13.4 Å². The summed E-state index contributed by atoms with van der Waals surface area (Å²) in [6.45, 7) is 0. The van der Waals surface area contributed by atoms with E-state index in [-0.39, 0.29) is 0 Å². The molecule has 11 heavy (non-hydrogen) atoms. The van der Waals surface area contributed by atoms with Gasteiger partial charge in [0.25, 0.3) is 0 Å². The normalized spacial score (nSPS) is 9.73. The third-order valence-corrected chi connectivity index (χ3v) is 2.36. The molecule has 0 atom stereocenters. The van der Waals surface area contributed by atoms with Crippen LogP contribution in [0.25, 0.3) is 0 Å². The summed E-state index contributed by atoms with van der Waals surface area (Å²) in [5.74, 6) is 0.838. The molecule has 60 valence electrons. The third-order valence-electron chi connectivity index (χ3n) is 1.35. The number of ether oxygens (including phenoxy) is 1. The zero-order valence-corrected chi connectivity index (χ0v) is 8.00. The topological polar surface area (TPSA) is 9.23 Å². The van der Waals surface area contributed by atoms with Crippen molar-refractivity contribution in [2.45, 2.75) is 4.90 Å². The van der Waals surface area contributed by atoms with Gasteiger partial charge in [-0.2, -0.15) is 0 Å². The second-order valence-corrected chi connectivity index (χ2v) is 3.28. The van der Waals surface area contributed by atoms with Gasteiger partial charge in [0.2, 0.25) is 0 Å². The fourth-order valence-corrected chi connectivity index (χ4v) is 1.52. The largest absolute Gasteiger partial charge is 0.496 e. The molecule has 0 N–H and O–H groups in total. The van der Waals surface area contributed by atoms with Crippen LogP contribution in [0.4, 0.5) is 0 Å². The smallest absolute Gasteiger partial charge is 0.133 e. The Hall–Kier alpha value is -0.340. The molecule has 1 aromatic carbocycles. The Bertz CT molecular complexity index is 250. The van der Waals surface area contributed by atoms with Gasteiger partial charge in [-0.25, -0.2) is 0 Å². The zero-order chi connectivity index (χ0) is 8.27. The summed E-state index contributed by atoms with van der Waals surface area (Å²) >= 11 is 7.41. The van der Waals surface area contributed by atoms with Gasteiger partial charge in [0.15, 0.2) is 0 Å². The monoisotopic (exact) mass is 188 g/mol. The number of methoxy groups -OCH3 is 1. The van der Waals surface area contributed by atoms with E-state index < -0.39 is 0 Å². The predicted octanol–water partition coefficient (Wildman–Crippen LogP) is 3.07. The van der Waals surface area contributed by atoms with Crippen molar-refractivity contribution >= 4 is 23.4 Å². The van der Waals surface area contributed by atoms with E-state index in [9.17, 15) is 0 Å². The molecule has 0 fully saturated rings. The number of thioether (sulfide) groups is 1. The molecule has 0 radical (unpaired) electrons. The van der Waals surface area contributed by atoms with Crippen LogP contribution in [0.1, 0.15) is 0 Å². The Morgan fingerprint density at radius 3 is 2.73 bits per heavy atom. The summed E-state index contributed by atoms with van der Waals surface area (Å²) in [6.07, 6.45) is 2.01. The molecule has 0 saturated carbocycles. The van der Waals surface area contributed by atoms with E-state index in [1.54, 1.807) is 18.9 Å². The van der Waals surface area contributed by atoms with E-state index in [1.165, 1.54) is 0 Å². The lowest BCUT2D eigenvalue weighted by atomic mass is 10.3. The summed E-state index contributed by atoms with van der Waals surface area (Å²) in [7, 11) is 1.64. The summed E-state index contributed by atoms with van der Waals surface area (Å²) < 4.78 is 5.11. The highest BCUT2D eigenvalue weighted by Gasteiger charge is 2.00. The van der Waals surface area contributed by atoms with Gasteiger partial charge >= 0.3 is 0 Å². The number of halogens is 1. The number of hydrogen-bond acceptors (Lipinski definition) is 2. The molecule has 0 heterocycles. The second-order valence-electron chi connectivity index (χ2n) is 2.00. The minimum atomic E-state index is 0.708. The first-order valence-corrected chi connectivity index (χ1v) is 4.75. The molecule has 0 saturated heterocycles. The van der Waals surface area contributed by atoms with Crippen molar-refractivity contribution < 1.29 is 4.74 Å². The van der Waals surface area contributed by atoms with Gasteiger partial charge in [-0.05, 0) is 24.5 Å². The maximum Gasteiger partial charge on any atom is 0.133 e. The summed E-state index contributed by atoms with van der Waals surface area (Å²) in [5, 5.41) is 0.708. The molecule has 0 aliphatic rings. The molecule has 0 aliphatic carbocycles. The fraction of sp³-hybridized carbons (Fsp3) is 0.250. The SMILES string of the molecule is COc1cc(Cl)ccc1SC. The minimum absolute atomic E-state index is 0.708. The molecule has 1 rings (SSSR count). The maximum absolute atomic E-state index is 5.76. The molecular weight excluding hydrogens is 180 g/mol. The van der Waals surface area contributed by atoms with Crippen molar-refractivity contribution in [1.82, 2.24) is 0 Å². The minimum Gasteiger partial charge on any atom is -0.496 e. The molecule has 0 aromatic heterocycles. The van der Waals surface area contributed by atoms with Gasteiger partial charge in [0.05, 0.1) is 7.11 Å².